The molecular weight excluding hydrogens is 366 g/mol. The highest BCUT2D eigenvalue weighted by molar-refractivity contribution is 6.16. The molecule has 0 saturated carbocycles. The highest BCUT2D eigenvalue weighted by Gasteiger charge is 2.44. The lowest BCUT2D eigenvalue weighted by molar-refractivity contribution is -0.117. The lowest BCUT2D eigenvalue weighted by Crippen LogP contribution is -2.56. The Balaban J connectivity index is 1.62. The number of hydrogen-bond donors (Lipinski definition) is 1. The van der Waals surface area contributed by atoms with Crippen LogP contribution in [0.2, 0.25) is 0 Å². The molecule has 2 aliphatic heterocycles. The standard InChI is InChI=1S/C20H20F2N4O2/c1-2-5-16-18(27)24-14-6-3-4-7-15(14)26(16)19(28)13-8-9-17(23-10-13)25-11-20(21,22)12-25/h3-4,6-10,16H,2,5,11-12H2,1H3,(H,24,27). The van der Waals surface area contributed by atoms with E-state index in [-0.39, 0.29) is 24.9 Å². The number of aromatic nitrogens is 1. The molecule has 0 spiro atoms. The molecule has 2 aliphatic rings. The number of pyridine rings is 1. The predicted octanol–water partition coefficient (Wildman–Crippen LogP) is 3.30. The molecule has 1 atom stereocenters. The number of carbonyl (C=O) groups is 2. The van der Waals surface area contributed by atoms with E-state index >= 15 is 0 Å². The Morgan fingerprint density at radius 3 is 2.64 bits per heavy atom. The Morgan fingerprint density at radius 2 is 2.00 bits per heavy atom. The maximum Gasteiger partial charge on any atom is 0.282 e. The van der Waals surface area contributed by atoms with Crippen molar-refractivity contribution in [1.82, 2.24) is 4.98 Å². The van der Waals surface area contributed by atoms with Gasteiger partial charge in [0.2, 0.25) is 5.91 Å². The van der Waals surface area contributed by atoms with E-state index in [4.69, 9.17) is 0 Å². The zero-order valence-corrected chi connectivity index (χ0v) is 15.4. The zero-order chi connectivity index (χ0) is 19.9. The number of nitrogens with zero attached hydrogens (tertiary/aromatic N) is 3. The number of para-hydroxylation sites is 2. The van der Waals surface area contributed by atoms with Gasteiger partial charge in [-0.1, -0.05) is 25.5 Å². The summed E-state index contributed by atoms with van der Waals surface area (Å²) < 4.78 is 26.1. The largest absolute Gasteiger partial charge is 0.344 e. The molecule has 1 aromatic carbocycles. The van der Waals surface area contributed by atoms with Crippen molar-refractivity contribution in [1.29, 1.82) is 0 Å². The van der Waals surface area contributed by atoms with E-state index in [0.29, 0.717) is 29.2 Å². The summed E-state index contributed by atoms with van der Waals surface area (Å²) in [5.41, 5.74) is 1.53. The van der Waals surface area contributed by atoms with Crippen LogP contribution in [0, 0.1) is 0 Å². The Kier molecular flexibility index (Phi) is 4.49. The van der Waals surface area contributed by atoms with E-state index in [0.717, 1.165) is 6.42 Å². The van der Waals surface area contributed by atoms with Crippen molar-refractivity contribution in [3.8, 4) is 0 Å². The summed E-state index contributed by atoms with van der Waals surface area (Å²) in [7, 11) is 0. The molecule has 1 saturated heterocycles. The Hall–Kier alpha value is -3.03. The van der Waals surface area contributed by atoms with Crippen LogP contribution in [-0.4, -0.2) is 41.9 Å². The molecule has 0 aliphatic carbocycles. The van der Waals surface area contributed by atoms with Crippen molar-refractivity contribution >= 4 is 29.0 Å². The molecule has 0 radical (unpaired) electrons. The van der Waals surface area contributed by atoms with Crippen LogP contribution in [0.25, 0.3) is 0 Å². The van der Waals surface area contributed by atoms with Crippen LogP contribution in [0.4, 0.5) is 26.0 Å². The van der Waals surface area contributed by atoms with Gasteiger partial charge in [-0.2, -0.15) is 0 Å². The second-order valence-corrected chi connectivity index (χ2v) is 7.10. The molecule has 2 aromatic rings. The molecule has 1 fully saturated rings. The second-order valence-electron chi connectivity index (χ2n) is 7.10. The fraction of sp³-hybridized carbons (Fsp3) is 0.350. The van der Waals surface area contributed by atoms with Crippen molar-refractivity contribution in [3.63, 3.8) is 0 Å². The van der Waals surface area contributed by atoms with Gasteiger partial charge >= 0.3 is 0 Å². The van der Waals surface area contributed by atoms with Crippen LogP contribution in [0.1, 0.15) is 30.1 Å². The number of amides is 2. The van der Waals surface area contributed by atoms with Crippen LogP contribution < -0.4 is 15.1 Å². The van der Waals surface area contributed by atoms with Gasteiger partial charge in [-0.15, -0.1) is 0 Å². The highest BCUT2D eigenvalue weighted by atomic mass is 19.3. The molecule has 0 bridgehead atoms. The van der Waals surface area contributed by atoms with Gasteiger partial charge < -0.3 is 10.2 Å². The first kappa shape index (κ1) is 18.3. The molecule has 8 heteroatoms. The second kappa shape index (κ2) is 6.85. The number of rotatable bonds is 4. The van der Waals surface area contributed by atoms with Crippen molar-refractivity contribution in [2.45, 2.75) is 31.7 Å². The van der Waals surface area contributed by atoms with Crippen LogP contribution in [0.3, 0.4) is 0 Å². The minimum absolute atomic E-state index is 0.221. The molecule has 4 rings (SSSR count). The number of alkyl halides is 2. The molecule has 28 heavy (non-hydrogen) atoms. The number of fused-ring (bicyclic) bond motifs is 1. The van der Waals surface area contributed by atoms with Crippen molar-refractivity contribution in [2.24, 2.45) is 0 Å². The van der Waals surface area contributed by atoms with E-state index < -0.39 is 12.0 Å². The Morgan fingerprint density at radius 1 is 1.25 bits per heavy atom. The molecule has 1 unspecified atom stereocenters. The first-order chi connectivity index (χ1) is 13.4. The van der Waals surface area contributed by atoms with E-state index in [1.165, 1.54) is 16.0 Å². The van der Waals surface area contributed by atoms with Gasteiger partial charge in [0.1, 0.15) is 11.9 Å². The van der Waals surface area contributed by atoms with Crippen LogP contribution in [-0.2, 0) is 4.79 Å². The van der Waals surface area contributed by atoms with Crippen LogP contribution in [0.15, 0.2) is 42.6 Å². The van der Waals surface area contributed by atoms with Gasteiger partial charge in [-0.3, -0.25) is 14.5 Å². The van der Waals surface area contributed by atoms with Gasteiger partial charge in [0.25, 0.3) is 11.8 Å². The third-order valence-corrected chi connectivity index (χ3v) is 4.98. The lowest BCUT2D eigenvalue weighted by atomic mass is 10.0. The topological polar surface area (TPSA) is 65.5 Å². The number of nitrogens with one attached hydrogen (secondary N) is 1. The highest BCUT2D eigenvalue weighted by Crippen LogP contribution is 2.35. The number of halogens is 2. The third-order valence-electron chi connectivity index (χ3n) is 4.98. The maximum absolute atomic E-state index is 13.2. The van der Waals surface area contributed by atoms with E-state index in [1.807, 2.05) is 13.0 Å². The summed E-state index contributed by atoms with van der Waals surface area (Å²) in [5.74, 6) is -2.84. The summed E-state index contributed by atoms with van der Waals surface area (Å²) in [6.07, 6.45) is 2.65. The molecule has 1 N–H and O–H groups in total. The fourth-order valence-corrected chi connectivity index (χ4v) is 3.59. The Labute approximate surface area is 161 Å². The monoisotopic (exact) mass is 386 g/mol. The number of anilines is 3. The SMILES string of the molecule is CCCC1C(=O)Nc2ccccc2N1C(=O)c1ccc(N2CC(F)(F)C2)nc1. The average molecular weight is 386 g/mol. The minimum atomic E-state index is -2.69. The normalized spacial score (nSPS) is 20.2. The van der Waals surface area contributed by atoms with Gasteiger partial charge in [0, 0.05) is 6.20 Å². The van der Waals surface area contributed by atoms with Crippen molar-refractivity contribution < 1.29 is 18.4 Å². The summed E-state index contributed by atoms with van der Waals surface area (Å²) >= 11 is 0. The summed E-state index contributed by atoms with van der Waals surface area (Å²) in [6.45, 7) is 1.21. The smallest absolute Gasteiger partial charge is 0.282 e. The van der Waals surface area contributed by atoms with Gasteiger partial charge in [-0.05, 0) is 30.7 Å². The zero-order valence-electron chi connectivity index (χ0n) is 15.4. The quantitative estimate of drug-likeness (QED) is 0.876. The molecular formula is C20H20F2N4O2. The maximum atomic E-state index is 13.2. The number of carbonyl (C=O) groups excluding carboxylic acids is 2. The summed E-state index contributed by atoms with van der Waals surface area (Å²) in [6, 6.07) is 9.67. The fourth-order valence-electron chi connectivity index (χ4n) is 3.59. The molecule has 146 valence electrons. The lowest BCUT2D eigenvalue weighted by Gasteiger charge is -2.39. The van der Waals surface area contributed by atoms with E-state index in [1.54, 1.807) is 30.3 Å². The first-order valence-electron chi connectivity index (χ1n) is 9.22. The summed E-state index contributed by atoms with van der Waals surface area (Å²) in [5, 5.41) is 2.85. The average Bonchev–Trinajstić information content (AvgIpc) is 2.66. The van der Waals surface area contributed by atoms with Gasteiger partial charge in [0.15, 0.2) is 0 Å². The van der Waals surface area contributed by atoms with Crippen molar-refractivity contribution in [2.75, 3.05) is 28.2 Å². The van der Waals surface area contributed by atoms with E-state index in [9.17, 15) is 18.4 Å². The van der Waals surface area contributed by atoms with Gasteiger partial charge in [-0.25, -0.2) is 13.8 Å². The van der Waals surface area contributed by atoms with Crippen molar-refractivity contribution in [3.05, 3.63) is 48.2 Å². The van der Waals surface area contributed by atoms with Crippen LogP contribution >= 0.6 is 0 Å². The molecule has 6 nitrogen and oxygen atoms in total. The predicted molar refractivity (Wildman–Crippen MR) is 102 cm³/mol. The minimum Gasteiger partial charge on any atom is -0.344 e. The van der Waals surface area contributed by atoms with Crippen LogP contribution in [0.5, 0.6) is 0 Å². The summed E-state index contributed by atoms with van der Waals surface area (Å²) in [4.78, 5) is 32.9. The number of benzene rings is 1. The number of hydrogen-bond acceptors (Lipinski definition) is 4. The first-order valence-corrected chi connectivity index (χ1v) is 9.22. The van der Waals surface area contributed by atoms with E-state index in [2.05, 4.69) is 10.3 Å². The third kappa shape index (κ3) is 3.19. The molecule has 3 heterocycles. The molecule has 2 amide bonds. The van der Waals surface area contributed by atoms with Gasteiger partial charge in [0.05, 0.1) is 30.0 Å². The Bertz CT molecular complexity index is 909. The molecule has 1 aromatic heterocycles.